The number of nitrogens with zero attached hydrogens (tertiary/aromatic N) is 2. The predicted molar refractivity (Wildman–Crippen MR) is 197 cm³/mol. The summed E-state index contributed by atoms with van der Waals surface area (Å²) in [7, 11) is 0. The summed E-state index contributed by atoms with van der Waals surface area (Å²) in [6.07, 6.45) is 0. The molecule has 6 nitrogen and oxygen atoms in total. The van der Waals surface area contributed by atoms with Crippen molar-refractivity contribution in [1.29, 1.82) is 0 Å². The second-order valence-electron chi connectivity index (χ2n) is 12.5. The fraction of sp³-hybridized carbons (Fsp3) is 0.0233. The van der Waals surface area contributed by atoms with Crippen LogP contribution >= 0.6 is 0 Å². The lowest BCUT2D eigenvalue weighted by molar-refractivity contribution is 0.281. The molecule has 8 aromatic rings. The molecule has 0 unspecified atom stereocenters. The van der Waals surface area contributed by atoms with E-state index in [1.54, 1.807) is 0 Å². The number of aromatic amines is 2. The van der Waals surface area contributed by atoms with Crippen LogP contribution in [0.4, 0.5) is 0 Å². The van der Waals surface area contributed by atoms with Crippen LogP contribution in [-0.2, 0) is 6.61 Å². The quantitative estimate of drug-likeness (QED) is 0.181. The highest BCUT2D eigenvalue weighted by Gasteiger charge is 2.20. The van der Waals surface area contributed by atoms with E-state index in [0.717, 1.165) is 100.0 Å². The maximum atomic E-state index is 9.56. The first-order chi connectivity index (χ1) is 24.2. The van der Waals surface area contributed by atoms with Gasteiger partial charge >= 0.3 is 0 Å². The molecule has 5 aromatic carbocycles. The van der Waals surface area contributed by atoms with E-state index >= 15 is 0 Å². The summed E-state index contributed by atoms with van der Waals surface area (Å²) in [6.45, 7) is -0.0168. The molecule has 6 heteroatoms. The van der Waals surface area contributed by atoms with Crippen LogP contribution in [0.2, 0.25) is 0 Å². The first-order valence-electron chi connectivity index (χ1n) is 16.3. The Morgan fingerprint density at radius 2 is 0.918 bits per heavy atom. The van der Waals surface area contributed by atoms with Crippen molar-refractivity contribution < 1.29 is 9.84 Å². The highest BCUT2D eigenvalue weighted by atomic mass is 16.5. The second-order valence-corrected chi connectivity index (χ2v) is 12.5. The van der Waals surface area contributed by atoms with Gasteiger partial charge in [-0.05, 0) is 48.0 Å². The van der Waals surface area contributed by atoms with E-state index in [0.29, 0.717) is 5.75 Å². The number of rotatable bonds is 3. The van der Waals surface area contributed by atoms with E-state index in [1.165, 1.54) is 0 Å². The molecule has 49 heavy (non-hydrogen) atoms. The lowest BCUT2D eigenvalue weighted by Crippen LogP contribution is -1.87. The van der Waals surface area contributed by atoms with Gasteiger partial charge in [-0.15, -0.1) is 0 Å². The van der Waals surface area contributed by atoms with Crippen LogP contribution in [0.15, 0.2) is 140 Å². The number of fused-ring (bicyclic) bond motifs is 20. The molecule has 0 aliphatic carbocycles. The average molecular weight is 633 g/mol. The van der Waals surface area contributed by atoms with E-state index in [1.807, 2.05) is 36.4 Å². The second kappa shape index (κ2) is 10.8. The molecule has 3 aromatic heterocycles. The van der Waals surface area contributed by atoms with E-state index in [4.69, 9.17) is 14.7 Å². The van der Waals surface area contributed by atoms with Crippen LogP contribution < -0.4 is 4.74 Å². The molecule has 0 spiro atoms. The average Bonchev–Trinajstić information content (AvgIpc) is 3.88. The third-order valence-corrected chi connectivity index (χ3v) is 9.53. The number of nitrogens with one attached hydrogen (secondary N) is 2. The van der Waals surface area contributed by atoms with E-state index in [9.17, 15) is 5.11 Å². The van der Waals surface area contributed by atoms with Crippen molar-refractivity contribution in [3.05, 3.63) is 145 Å². The number of aliphatic hydroxyl groups excluding tert-OH is 1. The monoisotopic (exact) mass is 632 g/mol. The Bertz CT molecular complexity index is 2790. The highest BCUT2D eigenvalue weighted by Crippen LogP contribution is 2.42. The van der Waals surface area contributed by atoms with Crippen molar-refractivity contribution in [1.82, 2.24) is 19.9 Å². The molecule has 8 bridgehead atoms. The Labute approximate surface area is 281 Å². The number of benzene rings is 5. The van der Waals surface area contributed by atoms with E-state index in [-0.39, 0.29) is 6.61 Å². The molecule has 0 fully saturated rings. The maximum Gasteiger partial charge on any atom is 0.137 e. The Morgan fingerprint density at radius 3 is 1.45 bits per heavy atom. The summed E-state index contributed by atoms with van der Waals surface area (Å²) >= 11 is 0. The number of hydrogen-bond donors (Lipinski definition) is 3. The molecule has 0 atom stereocenters. The molecular weight excluding hydrogens is 604 g/mol. The van der Waals surface area contributed by atoms with Gasteiger partial charge in [-0.2, -0.15) is 0 Å². The molecule has 232 valence electrons. The van der Waals surface area contributed by atoms with Gasteiger partial charge in [0, 0.05) is 55.0 Å². The van der Waals surface area contributed by atoms with Crippen molar-refractivity contribution in [2.75, 3.05) is 0 Å². The third kappa shape index (κ3) is 4.46. The van der Waals surface area contributed by atoms with Gasteiger partial charge < -0.3 is 19.8 Å². The van der Waals surface area contributed by atoms with Crippen molar-refractivity contribution >= 4 is 43.6 Å². The van der Waals surface area contributed by atoms with Crippen molar-refractivity contribution in [2.24, 2.45) is 0 Å². The predicted octanol–water partition coefficient (Wildman–Crippen LogP) is 10.6. The van der Waals surface area contributed by atoms with Crippen molar-refractivity contribution in [3.63, 3.8) is 0 Å². The smallest absolute Gasteiger partial charge is 0.137 e. The lowest BCUT2D eigenvalue weighted by atomic mass is 10.0. The van der Waals surface area contributed by atoms with Crippen molar-refractivity contribution in [3.8, 4) is 56.5 Å². The zero-order valence-electron chi connectivity index (χ0n) is 26.2. The van der Waals surface area contributed by atoms with Gasteiger partial charge in [-0.25, -0.2) is 9.97 Å². The molecule has 10 rings (SSSR count). The van der Waals surface area contributed by atoms with Crippen LogP contribution in [0.25, 0.3) is 88.6 Å². The number of aliphatic hydroxyl groups is 1. The lowest BCUT2D eigenvalue weighted by Gasteiger charge is -2.08. The molecule has 2 aliphatic rings. The summed E-state index contributed by atoms with van der Waals surface area (Å²) < 4.78 is 6.53. The molecule has 0 saturated heterocycles. The van der Waals surface area contributed by atoms with Gasteiger partial charge in [0.1, 0.15) is 11.5 Å². The fourth-order valence-corrected chi connectivity index (χ4v) is 7.21. The van der Waals surface area contributed by atoms with Gasteiger partial charge in [0.2, 0.25) is 0 Å². The highest BCUT2D eigenvalue weighted by molar-refractivity contribution is 6.12. The maximum absolute atomic E-state index is 9.56. The Kier molecular flexibility index (Phi) is 6.07. The molecule has 3 N–H and O–H groups in total. The van der Waals surface area contributed by atoms with Gasteiger partial charge in [-0.3, -0.25) is 0 Å². The first-order valence-corrected chi connectivity index (χ1v) is 16.3. The number of ether oxygens (including phenoxy) is 1. The van der Waals surface area contributed by atoms with Crippen molar-refractivity contribution in [2.45, 2.75) is 6.61 Å². The van der Waals surface area contributed by atoms with Crippen LogP contribution in [0, 0.1) is 0 Å². The third-order valence-electron chi connectivity index (χ3n) is 9.53. The Balaban J connectivity index is 1.34. The zero-order chi connectivity index (χ0) is 32.5. The van der Waals surface area contributed by atoms with Gasteiger partial charge in [-0.1, -0.05) is 97.1 Å². The van der Waals surface area contributed by atoms with E-state index in [2.05, 4.69) is 113 Å². The standard InChI is InChI=1S/C43H28N4O2/c48-24-25-16-18-26(19-17-25)49-42-15-7-14-33-40-22-38-30-11-4-3-10-29(30)36(45-38)20-34-27-8-1-2-9-28(27)35(44-34)21-37-31-12-5-6-13-32(31)39(46-37)23-41(47-40)43(33)42/h1-23,44,47-48H,24H2. The van der Waals surface area contributed by atoms with Crippen LogP contribution in [0.3, 0.4) is 0 Å². The van der Waals surface area contributed by atoms with Crippen LogP contribution in [-0.4, -0.2) is 25.0 Å². The van der Waals surface area contributed by atoms with E-state index < -0.39 is 0 Å². The minimum Gasteiger partial charge on any atom is -0.457 e. The fourth-order valence-electron chi connectivity index (χ4n) is 7.21. The summed E-state index contributed by atoms with van der Waals surface area (Å²) in [6, 6.07) is 47.5. The van der Waals surface area contributed by atoms with Crippen LogP contribution in [0.5, 0.6) is 11.5 Å². The number of H-pyrrole nitrogens is 2. The topological polar surface area (TPSA) is 86.8 Å². The summed E-state index contributed by atoms with van der Waals surface area (Å²) in [5.41, 5.74) is 12.5. The van der Waals surface area contributed by atoms with Gasteiger partial charge in [0.05, 0.1) is 40.3 Å². The zero-order valence-corrected chi connectivity index (χ0v) is 26.2. The molecule has 2 aliphatic heterocycles. The number of hydrogen-bond acceptors (Lipinski definition) is 4. The normalized spacial score (nSPS) is 11.9. The largest absolute Gasteiger partial charge is 0.457 e. The Morgan fingerprint density at radius 1 is 0.469 bits per heavy atom. The van der Waals surface area contributed by atoms with Crippen LogP contribution in [0.1, 0.15) is 5.56 Å². The Hall–Kier alpha value is -6.50. The summed E-state index contributed by atoms with van der Waals surface area (Å²) in [5.74, 6) is 1.41. The minimum absolute atomic E-state index is 0.0168. The molecule has 0 saturated carbocycles. The molecule has 0 amide bonds. The van der Waals surface area contributed by atoms with Gasteiger partial charge in [0.15, 0.2) is 0 Å². The molecule has 0 radical (unpaired) electrons. The van der Waals surface area contributed by atoms with Gasteiger partial charge in [0.25, 0.3) is 0 Å². The SMILES string of the molecule is OCc1ccc(Oc2cccc3c4cc5nc(cc6[nH]c(cc7nc(cc([nH]4)c23)-c2ccccc2-7)c2ccccc62)-c2ccccc2-5)cc1. The number of aromatic nitrogens is 4. The summed E-state index contributed by atoms with van der Waals surface area (Å²) in [4.78, 5) is 17.9. The molecule has 5 heterocycles. The summed E-state index contributed by atoms with van der Waals surface area (Å²) in [5, 5.41) is 13.8. The molecular formula is C43H28N4O2. The minimum atomic E-state index is -0.0168. The first kappa shape index (κ1) is 27.6.